The summed E-state index contributed by atoms with van der Waals surface area (Å²) in [5, 5.41) is 10.4. The van der Waals surface area contributed by atoms with E-state index < -0.39 is 0 Å². The number of nitrogens with zero attached hydrogens (tertiary/aromatic N) is 2. The number of carbonyl (C=O) groups is 1. The molecule has 1 amide bonds. The molecule has 2 aromatic carbocycles. The molecule has 3 aromatic rings. The van der Waals surface area contributed by atoms with Crippen LogP contribution >= 0.6 is 0 Å². The van der Waals surface area contributed by atoms with Gasteiger partial charge in [0.25, 0.3) is 0 Å². The van der Waals surface area contributed by atoms with Crippen LogP contribution in [-0.2, 0) is 11.2 Å². The standard InChI is InChI=1S/C21H20F2N4O/c22-16-5-1-14(2-6-16)11-21(28)24-18-9-10-27(13-18)20-12-19(25-26-20)15-3-7-17(23)8-4-15/h1-8,12,18H,9-11,13H2,(H,24,28)(H,25,26)/t18-/m1/s1. The van der Waals surface area contributed by atoms with Crippen LogP contribution in [0, 0.1) is 11.6 Å². The van der Waals surface area contributed by atoms with Crippen LogP contribution in [0.1, 0.15) is 12.0 Å². The second-order valence-corrected chi connectivity index (χ2v) is 6.95. The molecule has 5 nitrogen and oxygen atoms in total. The minimum absolute atomic E-state index is 0.0407. The van der Waals surface area contributed by atoms with Crippen LogP contribution < -0.4 is 10.2 Å². The average molecular weight is 382 g/mol. The first-order valence-corrected chi connectivity index (χ1v) is 9.17. The predicted molar refractivity (Wildman–Crippen MR) is 103 cm³/mol. The number of aromatic nitrogens is 2. The van der Waals surface area contributed by atoms with E-state index in [1.54, 1.807) is 24.3 Å². The lowest BCUT2D eigenvalue weighted by molar-refractivity contribution is -0.121. The predicted octanol–water partition coefficient (Wildman–Crippen LogP) is 3.29. The summed E-state index contributed by atoms with van der Waals surface area (Å²) in [4.78, 5) is 14.3. The van der Waals surface area contributed by atoms with E-state index in [-0.39, 0.29) is 30.0 Å². The molecule has 0 spiro atoms. The summed E-state index contributed by atoms with van der Waals surface area (Å²) in [7, 11) is 0. The van der Waals surface area contributed by atoms with Gasteiger partial charge in [-0.15, -0.1) is 0 Å². The van der Waals surface area contributed by atoms with Gasteiger partial charge >= 0.3 is 0 Å². The lowest BCUT2D eigenvalue weighted by Gasteiger charge is -2.16. The zero-order chi connectivity index (χ0) is 19.5. The topological polar surface area (TPSA) is 61.0 Å². The minimum atomic E-state index is -0.311. The Morgan fingerprint density at radius 2 is 1.79 bits per heavy atom. The Bertz CT molecular complexity index is 953. The third-order valence-electron chi connectivity index (χ3n) is 4.87. The third-order valence-corrected chi connectivity index (χ3v) is 4.87. The summed E-state index contributed by atoms with van der Waals surface area (Å²) >= 11 is 0. The zero-order valence-electron chi connectivity index (χ0n) is 15.2. The van der Waals surface area contributed by atoms with Crippen molar-refractivity contribution in [3.05, 3.63) is 71.8 Å². The Hall–Kier alpha value is -3.22. The van der Waals surface area contributed by atoms with E-state index in [2.05, 4.69) is 20.4 Å². The van der Waals surface area contributed by atoms with Crippen molar-refractivity contribution < 1.29 is 13.6 Å². The van der Waals surface area contributed by atoms with Crippen molar-refractivity contribution in [2.45, 2.75) is 18.9 Å². The molecule has 0 aliphatic carbocycles. The van der Waals surface area contributed by atoms with Gasteiger partial charge in [-0.05, 0) is 53.9 Å². The van der Waals surface area contributed by atoms with E-state index in [1.807, 2.05) is 6.07 Å². The molecule has 1 aromatic heterocycles. The van der Waals surface area contributed by atoms with Gasteiger partial charge in [-0.1, -0.05) is 12.1 Å². The number of rotatable bonds is 5. The summed E-state index contributed by atoms with van der Waals surface area (Å²) in [5.41, 5.74) is 2.47. The largest absolute Gasteiger partial charge is 0.353 e. The molecule has 0 radical (unpaired) electrons. The fourth-order valence-electron chi connectivity index (χ4n) is 3.40. The number of hydrogen-bond donors (Lipinski definition) is 2. The Balaban J connectivity index is 1.33. The minimum Gasteiger partial charge on any atom is -0.353 e. The quantitative estimate of drug-likeness (QED) is 0.712. The summed E-state index contributed by atoms with van der Waals surface area (Å²) in [5.74, 6) is 0.138. The number of aromatic amines is 1. The fourth-order valence-corrected chi connectivity index (χ4v) is 3.40. The van der Waals surface area contributed by atoms with E-state index in [4.69, 9.17) is 0 Å². The van der Waals surface area contributed by atoms with Gasteiger partial charge in [0.05, 0.1) is 12.1 Å². The number of hydrogen-bond acceptors (Lipinski definition) is 3. The van der Waals surface area contributed by atoms with Crippen LogP contribution in [0.25, 0.3) is 11.3 Å². The van der Waals surface area contributed by atoms with Crippen molar-refractivity contribution >= 4 is 11.7 Å². The molecule has 1 fully saturated rings. The third kappa shape index (κ3) is 4.19. The SMILES string of the molecule is O=C(Cc1ccc(F)cc1)N[C@@H]1CCN(c2cc(-c3ccc(F)cc3)[nH]n2)C1. The average Bonchev–Trinajstić information content (AvgIpc) is 3.34. The van der Waals surface area contributed by atoms with Crippen molar-refractivity contribution in [1.29, 1.82) is 0 Å². The molecule has 144 valence electrons. The number of anilines is 1. The number of amides is 1. The maximum Gasteiger partial charge on any atom is 0.224 e. The highest BCUT2D eigenvalue weighted by Crippen LogP contribution is 2.24. The van der Waals surface area contributed by atoms with Crippen LogP contribution in [0.5, 0.6) is 0 Å². The highest BCUT2D eigenvalue weighted by Gasteiger charge is 2.25. The Morgan fingerprint density at radius 3 is 2.50 bits per heavy atom. The van der Waals surface area contributed by atoms with Crippen molar-refractivity contribution in [3.8, 4) is 11.3 Å². The van der Waals surface area contributed by atoms with E-state index in [0.29, 0.717) is 6.54 Å². The molecule has 1 aliphatic heterocycles. The molecule has 0 unspecified atom stereocenters. The van der Waals surface area contributed by atoms with Crippen molar-refractivity contribution in [3.63, 3.8) is 0 Å². The van der Waals surface area contributed by atoms with Gasteiger partial charge < -0.3 is 10.2 Å². The van der Waals surface area contributed by atoms with Gasteiger partial charge in [0.1, 0.15) is 11.6 Å². The molecule has 28 heavy (non-hydrogen) atoms. The second-order valence-electron chi connectivity index (χ2n) is 6.95. The number of carbonyl (C=O) groups excluding carboxylic acids is 1. The Kier molecular flexibility index (Phi) is 5.06. The van der Waals surface area contributed by atoms with Gasteiger partial charge in [0.2, 0.25) is 5.91 Å². The van der Waals surface area contributed by atoms with Crippen LogP contribution in [0.2, 0.25) is 0 Å². The summed E-state index contributed by atoms with van der Waals surface area (Å²) in [6.45, 7) is 1.46. The van der Waals surface area contributed by atoms with Crippen molar-refractivity contribution in [2.24, 2.45) is 0 Å². The first-order chi connectivity index (χ1) is 13.6. The first kappa shape index (κ1) is 18.2. The molecule has 7 heteroatoms. The fraction of sp³-hybridized carbons (Fsp3) is 0.238. The second kappa shape index (κ2) is 7.80. The molecule has 2 heterocycles. The van der Waals surface area contributed by atoms with Crippen LogP contribution in [-0.4, -0.2) is 35.2 Å². The smallest absolute Gasteiger partial charge is 0.224 e. The summed E-state index contributed by atoms with van der Waals surface area (Å²) in [6.07, 6.45) is 1.06. The maximum absolute atomic E-state index is 13.1. The lowest BCUT2D eigenvalue weighted by atomic mass is 10.1. The molecule has 2 N–H and O–H groups in total. The summed E-state index contributed by atoms with van der Waals surface area (Å²) in [6, 6.07) is 14.2. The number of halogens is 2. The van der Waals surface area contributed by atoms with Crippen molar-refractivity contribution in [1.82, 2.24) is 15.5 Å². The molecule has 1 aliphatic rings. The van der Waals surface area contributed by atoms with Crippen LogP contribution in [0.15, 0.2) is 54.6 Å². The van der Waals surface area contributed by atoms with E-state index in [1.165, 1.54) is 24.3 Å². The highest BCUT2D eigenvalue weighted by atomic mass is 19.1. The molecule has 1 saturated heterocycles. The van der Waals surface area contributed by atoms with Gasteiger partial charge in [0.15, 0.2) is 5.82 Å². The molecular weight excluding hydrogens is 362 g/mol. The maximum atomic E-state index is 13.1. The number of nitrogens with one attached hydrogen (secondary N) is 2. The molecule has 0 bridgehead atoms. The first-order valence-electron chi connectivity index (χ1n) is 9.17. The lowest BCUT2D eigenvalue weighted by Crippen LogP contribution is -2.38. The highest BCUT2D eigenvalue weighted by molar-refractivity contribution is 5.79. The Labute approximate surface area is 161 Å². The van der Waals surface area contributed by atoms with E-state index >= 15 is 0 Å². The zero-order valence-corrected chi connectivity index (χ0v) is 15.2. The van der Waals surface area contributed by atoms with Gasteiger partial charge in [-0.2, -0.15) is 5.10 Å². The van der Waals surface area contributed by atoms with Crippen LogP contribution in [0.4, 0.5) is 14.6 Å². The van der Waals surface area contributed by atoms with Gasteiger partial charge in [0, 0.05) is 25.2 Å². The number of H-pyrrole nitrogens is 1. The molecule has 1 atom stereocenters. The van der Waals surface area contributed by atoms with E-state index in [0.717, 1.165) is 35.6 Å². The van der Waals surface area contributed by atoms with Gasteiger partial charge in [-0.25, -0.2) is 8.78 Å². The summed E-state index contributed by atoms with van der Waals surface area (Å²) < 4.78 is 26.0. The number of benzene rings is 2. The molecule has 0 saturated carbocycles. The Morgan fingerprint density at radius 1 is 1.11 bits per heavy atom. The van der Waals surface area contributed by atoms with Gasteiger partial charge in [-0.3, -0.25) is 9.89 Å². The molecule has 4 rings (SSSR count). The van der Waals surface area contributed by atoms with Crippen LogP contribution in [0.3, 0.4) is 0 Å². The molecular formula is C21H20F2N4O. The normalized spacial score (nSPS) is 16.4. The monoisotopic (exact) mass is 382 g/mol. The van der Waals surface area contributed by atoms with Crippen molar-refractivity contribution in [2.75, 3.05) is 18.0 Å². The van der Waals surface area contributed by atoms with E-state index in [9.17, 15) is 13.6 Å².